The number of anilines is 1. The average Bonchev–Trinajstić information content (AvgIpc) is 2.74. The Morgan fingerprint density at radius 1 is 1.10 bits per heavy atom. The highest BCUT2D eigenvalue weighted by Crippen LogP contribution is 2.27. The summed E-state index contributed by atoms with van der Waals surface area (Å²) in [7, 11) is 1.58. The van der Waals surface area contributed by atoms with Gasteiger partial charge in [-0.05, 0) is 23.8 Å². The minimum Gasteiger partial charge on any atom is -0.495 e. The Kier molecular flexibility index (Phi) is 8.11. The average molecular weight is 414 g/mol. The van der Waals surface area contributed by atoms with Gasteiger partial charge in [-0.2, -0.15) is 0 Å². The van der Waals surface area contributed by atoms with Crippen LogP contribution in [0.15, 0.2) is 54.6 Å². The van der Waals surface area contributed by atoms with E-state index in [1.807, 2.05) is 6.07 Å². The predicted molar refractivity (Wildman–Crippen MR) is 120 cm³/mol. The third kappa shape index (κ3) is 6.89. The van der Waals surface area contributed by atoms with Crippen molar-refractivity contribution in [2.24, 2.45) is 0 Å². The monoisotopic (exact) mass is 413 g/mol. The third-order valence-electron chi connectivity index (χ3n) is 5.03. The van der Waals surface area contributed by atoms with E-state index in [1.165, 1.54) is 5.56 Å². The van der Waals surface area contributed by atoms with Crippen molar-refractivity contribution in [2.45, 2.75) is 6.42 Å². The second kappa shape index (κ2) is 11.0. The highest BCUT2D eigenvalue weighted by molar-refractivity contribution is 6.31. The van der Waals surface area contributed by atoms with E-state index in [-0.39, 0.29) is 5.91 Å². The van der Waals surface area contributed by atoms with Crippen molar-refractivity contribution in [3.8, 4) is 5.75 Å². The lowest BCUT2D eigenvalue weighted by atomic mass is 10.2. The Morgan fingerprint density at radius 3 is 2.55 bits per heavy atom. The number of hydrogen-bond donors (Lipinski definition) is 1. The molecule has 0 aromatic heterocycles. The van der Waals surface area contributed by atoms with Crippen LogP contribution in [0.4, 0.5) is 5.69 Å². The van der Waals surface area contributed by atoms with Crippen LogP contribution in [0.3, 0.4) is 0 Å². The van der Waals surface area contributed by atoms with Crippen LogP contribution < -0.4 is 10.1 Å². The maximum atomic E-state index is 12.3. The summed E-state index contributed by atoms with van der Waals surface area (Å²) in [5, 5.41) is 3.47. The zero-order valence-corrected chi connectivity index (χ0v) is 17.6. The normalized spacial score (nSPS) is 15.5. The topological polar surface area (TPSA) is 44.8 Å². The fourth-order valence-corrected chi connectivity index (χ4v) is 3.52. The highest BCUT2D eigenvalue weighted by Gasteiger charge is 2.17. The fraction of sp³-hybridized carbons (Fsp3) is 0.348. The molecule has 1 N–H and O–H groups in total. The number of piperazine rings is 1. The second-order valence-electron chi connectivity index (χ2n) is 7.10. The largest absolute Gasteiger partial charge is 0.495 e. The molecule has 3 rings (SSSR count). The molecule has 0 aliphatic carbocycles. The Bertz CT molecular complexity index is 818. The number of methoxy groups -OCH3 is 1. The van der Waals surface area contributed by atoms with E-state index in [9.17, 15) is 4.79 Å². The number of carbonyl (C=O) groups is 1. The van der Waals surface area contributed by atoms with Crippen LogP contribution in [-0.2, 0) is 4.79 Å². The first-order chi connectivity index (χ1) is 14.1. The molecule has 154 valence electrons. The first-order valence-corrected chi connectivity index (χ1v) is 10.3. The number of ether oxygens (including phenoxy) is 1. The molecule has 6 heteroatoms. The Balaban J connectivity index is 1.37. The molecule has 1 saturated heterocycles. The van der Waals surface area contributed by atoms with Gasteiger partial charge in [0.15, 0.2) is 0 Å². The molecular formula is C23H28ClN3O2. The Hall–Kier alpha value is -2.34. The number of nitrogens with zero attached hydrogens (tertiary/aromatic N) is 2. The number of halogens is 1. The molecule has 1 aliphatic rings. The van der Waals surface area contributed by atoms with Crippen LogP contribution in [0.2, 0.25) is 5.02 Å². The van der Waals surface area contributed by atoms with Crippen molar-refractivity contribution in [3.05, 3.63) is 65.2 Å². The number of carbonyl (C=O) groups excluding carboxylic acids is 1. The minimum absolute atomic E-state index is 0.0289. The Labute approximate surface area is 177 Å². The van der Waals surface area contributed by atoms with Crippen molar-refractivity contribution in [1.82, 2.24) is 9.80 Å². The molecule has 0 atom stereocenters. The maximum absolute atomic E-state index is 12.3. The maximum Gasteiger partial charge on any atom is 0.225 e. The van der Waals surface area contributed by atoms with E-state index >= 15 is 0 Å². The highest BCUT2D eigenvalue weighted by atomic mass is 35.5. The number of nitrogens with one attached hydrogen (secondary N) is 1. The van der Waals surface area contributed by atoms with Crippen LogP contribution in [0.1, 0.15) is 12.0 Å². The molecule has 5 nitrogen and oxygen atoms in total. The van der Waals surface area contributed by atoms with Gasteiger partial charge in [-0.25, -0.2) is 0 Å². The van der Waals surface area contributed by atoms with Gasteiger partial charge in [0.2, 0.25) is 5.91 Å². The summed E-state index contributed by atoms with van der Waals surface area (Å²) in [4.78, 5) is 17.1. The molecule has 1 fully saturated rings. The molecule has 2 aromatic rings. The molecule has 0 bridgehead atoms. The van der Waals surface area contributed by atoms with Gasteiger partial charge in [0.1, 0.15) is 5.75 Å². The zero-order chi connectivity index (χ0) is 20.5. The van der Waals surface area contributed by atoms with Crippen LogP contribution in [0, 0.1) is 0 Å². The molecule has 0 radical (unpaired) electrons. The van der Waals surface area contributed by atoms with E-state index in [2.05, 4.69) is 51.5 Å². The minimum atomic E-state index is -0.0289. The van der Waals surface area contributed by atoms with Crippen LogP contribution in [-0.4, -0.2) is 62.1 Å². The molecule has 2 aromatic carbocycles. The molecular weight excluding hydrogens is 386 g/mol. The van der Waals surface area contributed by atoms with Gasteiger partial charge >= 0.3 is 0 Å². The molecule has 29 heavy (non-hydrogen) atoms. The van der Waals surface area contributed by atoms with Crippen LogP contribution >= 0.6 is 11.6 Å². The summed E-state index contributed by atoms with van der Waals surface area (Å²) in [5.74, 6) is 0.582. The SMILES string of the molecule is COc1ccc(Cl)cc1NC(=O)CCN1CCN(C/C=C/c2ccccc2)CC1. The summed E-state index contributed by atoms with van der Waals surface area (Å²) < 4.78 is 5.27. The summed E-state index contributed by atoms with van der Waals surface area (Å²) in [6, 6.07) is 15.6. The van der Waals surface area contributed by atoms with Gasteiger partial charge < -0.3 is 15.0 Å². The van der Waals surface area contributed by atoms with Gasteiger partial charge in [0, 0.05) is 50.7 Å². The van der Waals surface area contributed by atoms with E-state index in [0.717, 1.165) is 39.3 Å². The van der Waals surface area contributed by atoms with Crippen molar-refractivity contribution in [3.63, 3.8) is 0 Å². The molecule has 1 amide bonds. The van der Waals surface area contributed by atoms with Gasteiger partial charge in [0.05, 0.1) is 12.8 Å². The second-order valence-corrected chi connectivity index (χ2v) is 7.53. The number of hydrogen-bond acceptors (Lipinski definition) is 4. The van der Waals surface area contributed by atoms with Crippen molar-refractivity contribution >= 4 is 29.3 Å². The van der Waals surface area contributed by atoms with Crippen molar-refractivity contribution in [2.75, 3.05) is 51.7 Å². The summed E-state index contributed by atoms with van der Waals surface area (Å²) in [5.41, 5.74) is 1.84. The van der Waals surface area contributed by atoms with Gasteiger partial charge in [-0.3, -0.25) is 9.69 Å². The van der Waals surface area contributed by atoms with Crippen molar-refractivity contribution < 1.29 is 9.53 Å². The van der Waals surface area contributed by atoms with Gasteiger partial charge in [-0.15, -0.1) is 0 Å². The van der Waals surface area contributed by atoms with Crippen LogP contribution in [0.5, 0.6) is 5.75 Å². The molecule has 1 heterocycles. The first-order valence-electron chi connectivity index (χ1n) is 9.94. The zero-order valence-electron chi connectivity index (χ0n) is 16.8. The first kappa shape index (κ1) is 21.4. The van der Waals surface area contributed by atoms with Gasteiger partial charge in [-0.1, -0.05) is 54.1 Å². The Morgan fingerprint density at radius 2 is 1.83 bits per heavy atom. The lowest BCUT2D eigenvalue weighted by molar-refractivity contribution is -0.116. The molecule has 0 unspecified atom stereocenters. The van der Waals surface area contributed by atoms with Gasteiger partial charge in [0.25, 0.3) is 0 Å². The standard InChI is InChI=1S/C23H28ClN3O2/c1-29-22-10-9-20(24)18-21(22)25-23(28)11-13-27-16-14-26(15-17-27)12-5-8-19-6-3-2-4-7-19/h2-10,18H,11-17H2,1H3,(H,25,28)/b8-5+. The quantitative estimate of drug-likeness (QED) is 0.710. The van der Waals surface area contributed by atoms with E-state index in [0.29, 0.717) is 22.9 Å². The number of amides is 1. The number of rotatable bonds is 8. The summed E-state index contributed by atoms with van der Waals surface area (Å²) >= 11 is 6.02. The number of benzene rings is 2. The molecule has 0 saturated carbocycles. The summed E-state index contributed by atoms with van der Waals surface area (Å²) in [6.45, 7) is 5.70. The van der Waals surface area contributed by atoms with Crippen molar-refractivity contribution in [1.29, 1.82) is 0 Å². The van der Waals surface area contributed by atoms with E-state index in [4.69, 9.17) is 16.3 Å². The lowest BCUT2D eigenvalue weighted by Crippen LogP contribution is -2.46. The molecule has 0 spiro atoms. The van der Waals surface area contributed by atoms with E-state index < -0.39 is 0 Å². The summed E-state index contributed by atoms with van der Waals surface area (Å²) in [6.07, 6.45) is 4.83. The smallest absolute Gasteiger partial charge is 0.225 e. The predicted octanol–water partition coefficient (Wildman–Crippen LogP) is 4.01. The van der Waals surface area contributed by atoms with Crippen LogP contribution in [0.25, 0.3) is 6.08 Å². The third-order valence-corrected chi connectivity index (χ3v) is 5.26. The lowest BCUT2D eigenvalue weighted by Gasteiger charge is -2.34. The fourth-order valence-electron chi connectivity index (χ4n) is 3.35. The molecule has 1 aliphatic heterocycles. The van der Waals surface area contributed by atoms with E-state index in [1.54, 1.807) is 25.3 Å².